The maximum absolute atomic E-state index is 9.37. The van der Waals surface area contributed by atoms with Crippen molar-refractivity contribution in [1.82, 2.24) is 4.90 Å². The molecule has 3 N–H and O–H groups in total. The standard InChI is InChI=1S/C24H32N2O4/c1-17-22(15-26-10-12-28-13-11-26)29-24(21-8-2-18(14-25)3-9-21)30-23(17)20-6-4-19(16-27)5-7-20/h2-9,17,22-24,27H,10-16,25H2,1H3/t17-,22+,23+,24+/m0/s1. The van der Waals surface area contributed by atoms with Crippen LogP contribution in [-0.2, 0) is 27.4 Å². The van der Waals surface area contributed by atoms with Gasteiger partial charge in [-0.1, -0.05) is 55.5 Å². The lowest BCUT2D eigenvalue weighted by Crippen LogP contribution is -2.47. The number of ether oxygens (including phenoxy) is 3. The molecule has 2 heterocycles. The van der Waals surface area contributed by atoms with E-state index in [-0.39, 0.29) is 24.7 Å². The molecule has 6 heteroatoms. The normalized spacial score (nSPS) is 27.8. The molecule has 0 radical (unpaired) electrons. The summed E-state index contributed by atoms with van der Waals surface area (Å²) in [6, 6.07) is 16.2. The summed E-state index contributed by atoms with van der Waals surface area (Å²) >= 11 is 0. The lowest BCUT2D eigenvalue weighted by Gasteiger charge is -2.43. The van der Waals surface area contributed by atoms with Crippen molar-refractivity contribution < 1.29 is 19.3 Å². The highest BCUT2D eigenvalue weighted by Gasteiger charge is 2.39. The first-order valence-corrected chi connectivity index (χ1v) is 10.8. The summed E-state index contributed by atoms with van der Waals surface area (Å²) in [4.78, 5) is 2.41. The van der Waals surface area contributed by atoms with Crippen LogP contribution in [0.25, 0.3) is 0 Å². The molecule has 0 aromatic heterocycles. The minimum Gasteiger partial charge on any atom is -0.392 e. The van der Waals surface area contributed by atoms with Crippen molar-refractivity contribution in [2.24, 2.45) is 11.7 Å². The van der Waals surface area contributed by atoms with Gasteiger partial charge in [0, 0.05) is 37.7 Å². The molecule has 0 bridgehead atoms. The molecule has 0 aliphatic carbocycles. The lowest BCUT2D eigenvalue weighted by molar-refractivity contribution is -0.277. The molecule has 4 rings (SSSR count). The smallest absolute Gasteiger partial charge is 0.184 e. The van der Waals surface area contributed by atoms with Crippen LogP contribution in [-0.4, -0.2) is 49.0 Å². The first-order chi connectivity index (χ1) is 14.7. The van der Waals surface area contributed by atoms with Gasteiger partial charge in [-0.3, -0.25) is 4.90 Å². The fraction of sp³-hybridized carbons (Fsp3) is 0.500. The number of rotatable bonds is 6. The van der Waals surface area contributed by atoms with Gasteiger partial charge in [0.2, 0.25) is 0 Å². The van der Waals surface area contributed by atoms with Gasteiger partial charge in [-0.15, -0.1) is 0 Å². The number of hydrogen-bond donors (Lipinski definition) is 2. The van der Waals surface area contributed by atoms with E-state index >= 15 is 0 Å². The van der Waals surface area contributed by atoms with Gasteiger partial charge in [-0.05, 0) is 16.7 Å². The monoisotopic (exact) mass is 412 g/mol. The van der Waals surface area contributed by atoms with Crippen LogP contribution in [0.5, 0.6) is 0 Å². The number of aliphatic hydroxyl groups is 1. The molecule has 2 fully saturated rings. The second-order valence-corrected chi connectivity index (χ2v) is 8.18. The fourth-order valence-corrected chi connectivity index (χ4v) is 4.18. The van der Waals surface area contributed by atoms with E-state index in [2.05, 4.69) is 24.0 Å². The molecular weight excluding hydrogens is 380 g/mol. The van der Waals surface area contributed by atoms with Crippen LogP contribution in [0.1, 0.15) is 41.6 Å². The zero-order valence-corrected chi connectivity index (χ0v) is 17.6. The van der Waals surface area contributed by atoms with E-state index in [1.807, 2.05) is 36.4 Å². The Hall–Kier alpha value is -1.80. The zero-order valence-electron chi connectivity index (χ0n) is 17.6. The van der Waals surface area contributed by atoms with Gasteiger partial charge in [0.1, 0.15) is 0 Å². The fourth-order valence-electron chi connectivity index (χ4n) is 4.18. The predicted molar refractivity (Wildman–Crippen MR) is 115 cm³/mol. The van der Waals surface area contributed by atoms with E-state index in [1.165, 1.54) is 0 Å². The largest absolute Gasteiger partial charge is 0.392 e. The average molecular weight is 413 g/mol. The third kappa shape index (κ3) is 4.91. The van der Waals surface area contributed by atoms with Crippen molar-refractivity contribution in [2.75, 3.05) is 32.8 Å². The maximum atomic E-state index is 9.37. The molecule has 0 spiro atoms. The quantitative estimate of drug-likeness (QED) is 0.760. The van der Waals surface area contributed by atoms with Crippen molar-refractivity contribution in [2.45, 2.75) is 38.6 Å². The van der Waals surface area contributed by atoms with Crippen LogP contribution in [0, 0.1) is 5.92 Å². The highest BCUT2D eigenvalue weighted by molar-refractivity contribution is 5.26. The Balaban J connectivity index is 1.58. The van der Waals surface area contributed by atoms with E-state index in [4.69, 9.17) is 19.9 Å². The molecule has 2 saturated heterocycles. The van der Waals surface area contributed by atoms with E-state index in [1.54, 1.807) is 0 Å². The summed E-state index contributed by atoms with van der Waals surface area (Å²) in [5, 5.41) is 9.37. The molecule has 4 atom stereocenters. The van der Waals surface area contributed by atoms with E-state index in [0.717, 1.165) is 55.1 Å². The minimum absolute atomic E-state index is 0.0403. The molecule has 0 saturated carbocycles. The predicted octanol–water partition coefficient (Wildman–Crippen LogP) is 2.76. The highest BCUT2D eigenvalue weighted by atomic mass is 16.7. The van der Waals surface area contributed by atoms with E-state index in [9.17, 15) is 5.11 Å². The highest BCUT2D eigenvalue weighted by Crippen LogP contribution is 2.41. The van der Waals surface area contributed by atoms with E-state index < -0.39 is 6.29 Å². The number of hydrogen-bond acceptors (Lipinski definition) is 6. The number of nitrogens with two attached hydrogens (primary N) is 1. The molecule has 2 aliphatic heterocycles. The van der Waals surface area contributed by atoms with Crippen LogP contribution in [0.4, 0.5) is 0 Å². The topological polar surface area (TPSA) is 77.2 Å². The number of benzene rings is 2. The van der Waals surface area contributed by atoms with Crippen LogP contribution in [0.15, 0.2) is 48.5 Å². The number of nitrogens with zero attached hydrogens (tertiary/aromatic N) is 1. The maximum Gasteiger partial charge on any atom is 0.184 e. The van der Waals surface area contributed by atoms with Crippen molar-refractivity contribution in [3.8, 4) is 0 Å². The Morgan fingerprint density at radius 3 is 2.20 bits per heavy atom. The summed E-state index contributed by atoms with van der Waals surface area (Å²) in [6.07, 6.45) is -0.475. The van der Waals surface area contributed by atoms with Gasteiger partial charge in [0.15, 0.2) is 6.29 Å². The Morgan fingerprint density at radius 1 is 0.933 bits per heavy atom. The van der Waals surface area contributed by atoms with Gasteiger partial charge in [0.25, 0.3) is 0 Å². The minimum atomic E-state index is -0.429. The summed E-state index contributed by atoms with van der Waals surface area (Å²) in [5.41, 5.74) is 9.85. The second-order valence-electron chi connectivity index (χ2n) is 8.18. The average Bonchev–Trinajstić information content (AvgIpc) is 2.81. The molecule has 6 nitrogen and oxygen atoms in total. The van der Waals surface area contributed by atoms with Crippen LogP contribution in [0.3, 0.4) is 0 Å². The number of morpholine rings is 1. The molecule has 2 aliphatic rings. The molecular formula is C24H32N2O4. The Morgan fingerprint density at radius 2 is 1.57 bits per heavy atom. The Labute approximate surface area is 178 Å². The van der Waals surface area contributed by atoms with E-state index in [0.29, 0.717) is 6.54 Å². The summed E-state index contributed by atoms with van der Waals surface area (Å²) in [5.74, 6) is 0.187. The van der Waals surface area contributed by atoms with Crippen molar-refractivity contribution in [3.63, 3.8) is 0 Å². The zero-order chi connectivity index (χ0) is 20.9. The second kappa shape index (κ2) is 10.0. The molecule has 2 aromatic rings. The Kier molecular flexibility index (Phi) is 7.15. The van der Waals surface area contributed by atoms with Gasteiger partial charge in [0.05, 0.1) is 32.0 Å². The van der Waals surface area contributed by atoms with Gasteiger partial charge in [-0.2, -0.15) is 0 Å². The molecule has 2 aromatic carbocycles. The van der Waals surface area contributed by atoms with Gasteiger partial charge in [-0.25, -0.2) is 0 Å². The van der Waals surface area contributed by atoms with Crippen LogP contribution in [0.2, 0.25) is 0 Å². The summed E-state index contributed by atoms with van der Waals surface area (Å²) in [6.45, 7) is 7.02. The van der Waals surface area contributed by atoms with Crippen molar-refractivity contribution in [3.05, 3.63) is 70.8 Å². The molecule has 30 heavy (non-hydrogen) atoms. The third-order valence-electron chi connectivity index (χ3n) is 6.15. The SMILES string of the molecule is C[C@H]1[C@@H](CN2CCOCC2)O[C@@H](c2ccc(CN)cc2)O[C@H]1c1ccc(CO)cc1. The Bertz CT molecular complexity index is 790. The van der Waals surface area contributed by atoms with Gasteiger partial charge >= 0.3 is 0 Å². The lowest BCUT2D eigenvalue weighted by atomic mass is 9.90. The van der Waals surface area contributed by atoms with Gasteiger partial charge < -0.3 is 25.1 Å². The van der Waals surface area contributed by atoms with Crippen molar-refractivity contribution in [1.29, 1.82) is 0 Å². The first-order valence-electron chi connectivity index (χ1n) is 10.8. The molecule has 162 valence electrons. The number of aliphatic hydroxyl groups excluding tert-OH is 1. The first kappa shape index (κ1) is 21.4. The molecule has 0 unspecified atom stereocenters. The van der Waals surface area contributed by atoms with Crippen molar-refractivity contribution >= 4 is 0 Å². The third-order valence-corrected chi connectivity index (χ3v) is 6.15. The summed E-state index contributed by atoms with van der Waals surface area (Å²) in [7, 11) is 0. The van der Waals surface area contributed by atoms with Crippen LogP contribution >= 0.6 is 0 Å². The molecule has 0 amide bonds. The van der Waals surface area contributed by atoms with Crippen LogP contribution < -0.4 is 5.73 Å². The summed E-state index contributed by atoms with van der Waals surface area (Å²) < 4.78 is 18.5.